The second-order valence-corrected chi connectivity index (χ2v) is 9.34. The maximum absolute atomic E-state index is 13.3. The summed E-state index contributed by atoms with van der Waals surface area (Å²) in [4.78, 5) is 15.5. The molecule has 2 aliphatic rings. The van der Waals surface area contributed by atoms with E-state index in [0.717, 1.165) is 50.5 Å². The molecule has 3 heterocycles. The van der Waals surface area contributed by atoms with E-state index in [9.17, 15) is 4.79 Å². The Morgan fingerprint density at radius 1 is 1.09 bits per heavy atom. The number of benzene rings is 3. The van der Waals surface area contributed by atoms with Gasteiger partial charge in [0.1, 0.15) is 18.2 Å². The van der Waals surface area contributed by atoms with Gasteiger partial charge in [0, 0.05) is 58.9 Å². The first-order chi connectivity index (χ1) is 16.5. The maximum atomic E-state index is 13.3. The highest BCUT2D eigenvalue weighted by Gasteiger charge is 2.33. The first-order valence-corrected chi connectivity index (χ1v) is 11.6. The SMILES string of the molecule is Cc1c2c(cc3c1O/C(=C\c1cn(C)c4ccccc14)C3=O)CN(Cc1ccc(Cl)cc1)CO2. The molecule has 6 rings (SSSR count). The van der Waals surface area contributed by atoms with Gasteiger partial charge in [0.25, 0.3) is 0 Å². The summed E-state index contributed by atoms with van der Waals surface area (Å²) in [5, 5.41) is 1.81. The van der Waals surface area contributed by atoms with Gasteiger partial charge >= 0.3 is 0 Å². The van der Waals surface area contributed by atoms with Crippen molar-refractivity contribution in [2.24, 2.45) is 7.05 Å². The van der Waals surface area contributed by atoms with Gasteiger partial charge in [-0.2, -0.15) is 0 Å². The van der Waals surface area contributed by atoms with Gasteiger partial charge in [-0.1, -0.05) is 41.9 Å². The van der Waals surface area contributed by atoms with E-state index in [4.69, 9.17) is 21.1 Å². The van der Waals surface area contributed by atoms with Crippen LogP contribution in [0.5, 0.6) is 11.5 Å². The molecule has 5 nitrogen and oxygen atoms in total. The van der Waals surface area contributed by atoms with Crippen LogP contribution in [0.1, 0.15) is 32.6 Å². The summed E-state index contributed by atoms with van der Waals surface area (Å²) in [5.74, 6) is 1.66. The number of allylic oxidation sites excluding steroid dienone is 1. The van der Waals surface area contributed by atoms with Gasteiger partial charge < -0.3 is 14.0 Å². The molecule has 0 bridgehead atoms. The van der Waals surface area contributed by atoms with Crippen LogP contribution >= 0.6 is 11.6 Å². The minimum absolute atomic E-state index is 0.0938. The molecular formula is C28H23ClN2O3. The molecule has 0 radical (unpaired) electrons. The summed E-state index contributed by atoms with van der Waals surface area (Å²) in [6.07, 6.45) is 3.86. The number of halogens is 1. The molecule has 0 N–H and O–H groups in total. The van der Waals surface area contributed by atoms with Crippen LogP contribution in [0, 0.1) is 6.92 Å². The molecule has 0 saturated carbocycles. The minimum atomic E-state index is -0.0938. The number of ketones is 1. The minimum Gasteiger partial charge on any atom is -0.477 e. The molecule has 1 aromatic heterocycles. The fourth-order valence-electron chi connectivity index (χ4n) is 4.88. The van der Waals surface area contributed by atoms with E-state index in [0.29, 0.717) is 30.3 Å². The van der Waals surface area contributed by atoms with Crippen LogP contribution < -0.4 is 9.47 Å². The Kier molecular flexibility index (Phi) is 4.97. The average molecular weight is 471 g/mol. The van der Waals surface area contributed by atoms with Crippen molar-refractivity contribution >= 4 is 34.4 Å². The summed E-state index contributed by atoms with van der Waals surface area (Å²) < 4.78 is 14.3. The smallest absolute Gasteiger partial charge is 0.231 e. The van der Waals surface area contributed by atoms with Crippen molar-refractivity contribution in [2.45, 2.75) is 20.0 Å². The Morgan fingerprint density at radius 2 is 1.88 bits per heavy atom. The van der Waals surface area contributed by atoms with Gasteiger partial charge in [0.2, 0.25) is 5.78 Å². The van der Waals surface area contributed by atoms with E-state index < -0.39 is 0 Å². The van der Waals surface area contributed by atoms with Crippen LogP contribution in [-0.4, -0.2) is 22.0 Å². The number of rotatable bonds is 3. The van der Waals surface area contributed by atoms with Crippen molar-refractivity contribution in [2.75, 3.05) is 6.73 Å². The molecule has 3 aromatic carbocycles. The molecule has 170 valence electrons. The first-order valence-electron chi connectivity index (χ1n) is 11.2. The first kappa shape index (κ1) is 21.0. The van der Waals surface area contributed by atoms with Crippen molar-refractivity contribution in [1.29, 1.82) is 0 Å². The number of aryl methyl sites for hydroxylation is 1. The van der Waals surface area contributed by atoms with Crippen molar-refractivity contribution in [3.63, 3.8) is 0 Å². The van der Waals surface area contributed by atoms with Crippen LogP contribution in [0.2, 0.25) is 5.02 Å². The molecule has 0 fully saturated rings. The van der Waals surface area contributed by atoms with Crippen LogP contribution in [-0.2, 0) is 20.1 Å². The molecule has 0 spiro atoms. The van der Waals surface area contributed by atoms with Gasteiger partial charge in [0.05, 0.1) is 5.56 Å². The Morgan fingerprint density at radius 3 is 2.71 bits per heavy atom. The van der Waals surface area contributed by atoms with Crippen LogP contribution in [0.3, 0.4) is 0 Å². The van der Waals surface area contributed by atoms with Crippen LogP contribution in [0.15, 0.2) is 66.6 Å². The van der Waals surface area contributed by atoms with E-state index in [-0.39, 0.29) is 5.78 Å². The van der Waals surface area contributed by atoms with Gasteiger partial charge in [0.15, 0.2) is 5.76 Å². The Hall–Kier alpha value is -3.54. The van der Waals surface area contributed by atoms with Crippen LogP contribution in [0.25, 0.3) is 17.0 Å². The molecular weight excluding hydrogens is 448 g/mol. The third-order valence-corrected chi connectivity index (χ3v) is 6.79. The fourth-order valence-corrected chi connectivity index (χ4v) is 5.00. The summed E-state index contributed by atoms with van der Waals surface area (Å²) >= 11 is 6.01. The zero-order valence-electron chi connectivity index (χ0n) is 19.0. The Bertz CT molecular complexity index is 1480. The van der Waals surface area contributed by atoms with E-state index in [1.807, 2.05) is 68.7 Å². The second-order valence-electron chi connectivity index (χ2n) is 8.91. The maximum Gasteiger partial charge on any atom is 0.231 e. The molecule has 0 amide bonds. The normalized spacial score (nSPS) is 16.4. The third kappa shape index (κ3) is 3.49. The number of aromatic nitrogens is 1. The van der Waals surface area contributed by atoms with Gasteiger partial charge in [-0.15, -0.1) is 0 Å². The molecule has 2 aliphatic heterocycles. The lowest BCUT2D eigenvalue weighted by atomic mass is 9.99. The number of fused-ring (bicyclic) bond motifs is 3. The monoisotopic (exact) mass is 470 g/mol. The zero-order valence-corrected chi connectivity index (χ0v) is 19.7. The molecule has 0 unspecified atom stereocenters. The Labute approximate surface area is 202 Å². The molecule has 0 aliphatic carbocycles. The van der Waals surface area contributed by atoms with E-state index in [1.165, 1.54) is 0 Å². The predicted octanol–water partition coefficient (Wildman–Crippen LogP) is 6.11. The quantitative estimate of drug-likeness (QED) is 0.339. The fraction of sp³-hybridized carbons (Fsp3) is 0.179. The lowest BCUT2D eigenvalue weighted by Crippen LogP contribution is -2.32. The van der Waals surface area contributed by atoms with Gasteiger partial charge in [-0.05, 0) is 42.8 Å². The number of Topliss-reactive ketones (excluding diaryl/α,β-unsaturated/α-hetero) is 1. The number of nitrogens with zero attached hydrogens (tertiary/aromatic N) is 2. The largest absolute Gasteiger partial charge is 0.477 e. The number of hydrogen-bond acceptors (Lipinski definition) is 4. The topological polar surface area (TPSA) is 43.7 Å². The zero-order chi connectivity index (χ0) is 23.4. The average Bonchev–Trinajstić information content (AvgIpc) is 3.33. The summed E-state index contributed by atoms with van der Waals surface area (Å²) in [7, 11) is 2.00. The van der Waals surface area contributed by atoms with Crippen LogP contribution in [0.4, 0.5) is 0 Å². The molecule has 0 atom stereocenters. The Balaban J connectivity index is 1.31. The summed E-state index contributed by atoms with van der Waals surface area (Å²) in [6, 6.07) is 17.9. The van der Waals surface area contributed by atoms with Crippen molar-refractivity contribution in [3.8, 4) is 11.5 Å². The third-order valence-electron chi connectivity index (χ3n) is 6.54. The van der Waals surface area contributed by atoms with Crippen molar-refractivity contribution in [1.82, 2.24) is 9.47 Å². The number of para-hydroxylation sites is 1. The number of ether oxygens (including phenoxy) is 2. The highest BCUT2D eigenvalue weighted by Crippen LogP contribution is 2.43. The lowest BCUT2D eigenvalue weighted by molar-refractivity contribution is 0.0876. The molecule has 6 heteroatoms. The highest BCUT2D eigenvalue weighted by atomic mass is 35.5. The molecule has 34 heavy (non-hydrogen) atoms. The number of carbonyl (C=O) groups excluding carboxylic acids is 1. The van der Waals surface area contributed by atoms with E-state index in [2.05, 4.69) is 21.6 Å². The number of carbonyl (C=O) groups is 1. The summed E-state index contributed by atoms with van der Waals surface area (Å²) in [5.41, 5.74) is 5.70. The van der Waals surface area contributed by atoms with Gasteiger partial charge in [-0.3, -0.25) is 9.69 Å². The molecule has 4 aromatic rings. The van der Waals surface area contributed by atoms with Gasteiger partial charge in [-0.25, -0.2) is 0 Å². The molecule has 0 saturated heterocycles. The van der Waals surface area contributed by atoms with Crippen molar-refractivity contribution in [3.05, 3.63) is 99.4 Å². The van der Waals surface area contributed by atoms with Crippen molar-refractivity contribution < 1.29 is 14.3 Å². The number of hydrogen-bond donors (Lipinski definition) is 0. The van der Waals surface area contributed by atoms with E-state index >= 15 is 0 Å². The standard InChI is InChI=1S/C28H23ClN2O3/c1-17-27-20(15-31(16-33-27)13-18-7-9-21(29)10-8-18)11-23-26(32)25(34-28(17)23)12-19-14-30(2)24-6-4-3-5-22(19)24/h3-12,14H,13,15-16H2,1-2H3/b25-12-. The second kappa shape index (κ2) is 8.05. The summed E-state index contributed by atoms with van der Waals surface area (Å²) in [6.45, 7) is 3.87. The predicted molar refractivity (Wildman–Crippen MR) is 133 cm³/mol. The van der Waals surface area contributed by atoms with E-state index in [1.54, 1.807) is 0 Å². The highest BCUT2D eigenvalue weighted by molar-refractivity contribution is 6.30. The lowest BCUT2D eigenvalue weighted by Gasteiger charge is -2.30.